The van der Waals surface area contributed by atoms with Crippen molar-refractivity contribution in [2.75, 3.05) is 0 Å². The average Bonchev–Trinajstić information content (AvgIpc) is 3.80. The minimum absolute atomic E-state index is 0.0238. The van der Waals surface area contributed by atoms with Crippen molar-refractivity contribution in [3.8, 4) is 56.6 Å². The lowest BCUT2D eigenvalue weighted by Crippen LogP contribution is -2.03. The van der Waals surface area contributed by atoms with Gasteiger partial charge in [-0.25, -0.2) is 20.2 Å². The molecule has 0 bridgehead atoms. The summed E-state index contributed by atoms with van der Waals surface area (Å²) >= 11 is 0. The highest BCUT2D eigenvalue weighted by Crippen LogP contribution is 2.52. The molecule has 0 saturated heterocycles. The lowest BCUT2D eigenvalue weighted by atomic mass is 9.96. The van der Waals surface area contributed by atoms with Crippen LogP contribution in [0.1, 0.15) is 33.4 Å². The molecular weight excluding hydrogens is 682 g/mol. The zero-order chi connectivity index (χ0) is 37.5. The number of allylic oxidation sites excluding steroid dienone is 2. The standard InChI is InChI=1S/C46H21F3N4O/c1-24-4-6-25(7-5-24)27-10-14-30-32-20-42-34(18-38(32)44(36(30)16-27)40(22-50)52-2)35-19-39-33(21-43(35)54-42)31-15-11-28(17-37(31)45(39)41(23-51)53-3)26-8-12-29(13-9-26)46(47,48)49/h4-21H,1H3/b44-40?,45-41-. The van der Waals surface area contributed by atoms with E-state index in [0.29, 0.717) is 44.6 Å². The van der Waals surface area contributed by atoms with Gasteiger partial charge in [0, 0.05) is 21.9 Å². The minimum atomic E-state index is -4.46. The fourth-order valence-corrected chi connectivity index (χ4v) is 7.73. The highest BCUT2D eigenvalue weighted by molar-refractivity contribution is 6.16. The Morgan fingerprint density at radius 3 is 1.35 bits per heavy atom. The summed E-state index contributed by atoms with van der Waals surface area (Å²) in [5.41, 5.74) is 11.6. The number of halogens is 3. The quantitative estimate of drug-likeness (QED) is 0.133. The molecule has 0 spiro atoms. The van der Waals surface area contributed by atoms with Gasteiger partial charge in [-0.3, -0.25) is 0 Å². The van der Waals surface area contributed by atoms with Crippen LogP contribution in [0.4, 0.5) is 13.2 Å². The van der Waals surface area contributed by atoms with Gasteiger partial charge in [-0.1, -0.05) is 66.2 Å². The number of nitrogens with zero attached hydrogens (tertiary/aromatic N) is 4. The highest BCUT2D eigenvalue weighted by atomic mass is 19.4. The molecule has 2 aliphatic rings. The third kappa shape index (κ3) is 4.76. The zero-order valence-corrected chi connectivity index (χ0v) is 28.2. The molecule has 8 heteroatoms. The Labute approximate surface area is 307 Å². The van der Waals surface area contributed by atoms with E-state index >= 15 is 0 Å². The van der Waals surface area contributed by atoms with Crippen LogP contribution >= 0.6 is 0 Å². The van der Waals surface area contributed by atoms with E-state index in [-0.39, 0.29) is 11.4 Å². The van der Waals surface area contributed by atoms with Gasteiger partial charge in [-0.2, -0.15) is 13.2 Å². The van der Waals surface area contributed by atoms with Crippen molar-refractivity contribution in [3.05, 3.63) is 177 Å². The van der Waals surface area contributed by atoms with Crippen LogP contribution in [0, 0.1) is 42.7 Å². The fraction of sp³-hybridized carbons (Fsp3) is 0.0435. The summed E-state index contributed by atoms with van der Waals surface area (Å²) in [6, 6.07) is 36.4. The number of rotatable bonds is 2. The molecule has 252 valence electrons. The van der Waals surface area contributed by atoms with E-state index in [1.54, 1.807) is 6.07 Å². The van der Waals surface area contributed by atoms with Crippen molar-refractivity contribution in [1.82, 2.24) is 0 Å². The third-order valence-electron chi connectivity index (χ3n) is 10.3. The van der Waals surface area contributed by atoms with Crippen LogP contribution < -0.4 is 0 Å². The van der Waals surface area contributed by atoms with Gasteiger partial charge in [0.05, 0.1) is 30.8 Å². The number of aryl methyl sites for hydroxylation is 1. The number of benzene rings is 6. The molecule has 54 heavy (non-hydrogen) atoms. The summed E-state index contributed by atoms with van der Waals surface area (Å²) in [5, 5.41) is 21.7. The summed E-state index contributed by atoms with van der Waals surface area (Å²) in [6.07, 6.45) is -4.46. The molecule has 0 unspecified atom stereocenters. The van der Waals surface area contributed by atoms with E-state index < -0.39 is 11.7 Å². The first-order chi connectivity index (χ1) is 26.1. The lowest BCUT2D eigenvalue weighted by molar-refractivity contribution is -0.137. The molecule has 0 radical (unpaired) electrons. The monoisotopic (exact) mass is 702 g/mol. The van der Waals surface area contributed by atoms with Gasteiger partial charge in [0.15, 0.2) is 0 Å². The maximum Gasteiger partial charge on any atom is 0.416 e. The first-order valence-corrected chi connectivity index (χ1v) is 16.7. The van der Waals surface area contributed by atoms with E-state index in [1.807, 2.05) is 91.9 Å². The van der Waals surface area contributed by atoms with E-state index in [0.717, 1.165) is 73.0 Å². The van der Waals surface area contributed by atoms with Crippen LogP contribution in [-0.4, -0.2) is 0 Å². The molecule has 0 amide bonds. The smallest absolute Gasteiger partial charge is 0.416 e. The van der Waals surface area contributed by atoms with Crippen LogP contribution in [0.25, 0.3) is 87.3 Å². The number of hydrogen-bond acceptors (Lipinski definition) is 3. The van der Waals surface area contributed by atoms with Crippen molar-refractivity contribution in [2.24, 2.45) is 0 Å². The molecular formula is C46H21F3N4O. The van der Waals surface area contributed by atoms with Gasteiger partial charge in [0.2, 0.25) is 0 Å². The molecule has 6 aromatic carbocycles. The molecule has 1 heterocycles. The molecule has 1 aromatic heterocycles. The maximum absolute atomic E-state index is 13.3. The summed E-state index contributed by atoms with van der Waals surface area (Å²) in [5.74, 6) is 0. The molecule has 7 aromatic rings. The summed E-state index contributed by atoms with van der Waals surface area (Å²) in [6.45, 7) is 17.8. The van der Waals surface area contributed by atoms with Gasteiger partial charge in [0.25, 0.3) is 11.4 Å². The summed E-state index contributed by atoms with van der Waals surface area (Å²) in [4.78, 5) is 7.19. The van der Waals surface area contributed by atoms with Crippen LogP contribution in [0.15, 0.2) is 125 Å². The topological polar surface area (TPSA) is 69.4 Å². The Bertz CT molecular complexity index is 3030. The zero-order valence-electron chi connectivity index (χ0n) is 28.2. The van der Waals surface area contributed by atoms with E-state index in [2.05, 4.69) is 15.8 Å². The van der Waals surface area contributed by atoms with Gasteiger partial charge >= 0.3 is 6.18 Å². The fourth-order valence-electron chi connectivity index (χ4n) is 7.73. The molecule has 5 nitrogen and oxygen atoms in total. The number of hydrogen-bond donors (Lipinski definition) is 0. The molecule has 9 rings (SSSR count). The van der Waals surface area contributed by atoms with Gasteiger partial charge in [-0.15, -0.1) is 0 Å². The Balaban J connectivity index is 1.22. The first-order valence-electron chi connectivity index (χ1n) is 16.7. The van der Waals surface area contributed by atoms with E-state index in [9.17, 15) is 23.7 Å². The van der Waals surface area contributed by atoms with Crippen molar-refractivity contribution in [3.63, 3.8) is 0 Å². The van der Waals surface area contributed by atoms with Gasteiger partial charge in [-0.05, 0) is 122 Å². The van der Waals surface area contributed by atoms with Crippen LogP contribution in [-0.2, 0) is 6.18 Å². The summed E-state index contributed by atoms with van der Waals surface area (Å²) in [7, 11) is 0. The second-order valence-corrected chi connectivity index (χ2v) is 13.2. The second-order valence-electron chi connectivity index (χ2n) is 13.2. The van der Waals surface area contributed by atoms with Crippen molar-refractivity contribution >= 4 is 33.1 Å². The van der Waals surface area contributed by atoms with E-state index in [1.165, 1.54) is 12.1 Å². The van der Waals surface area contributed by atoms with Crippen molar-refractivity contribution in [1.29, 1.82) is 10.5 Å². The Kier molecular flexibility index (Phi) is 6.99. The lowest BCUT2D eigenvalue weighted by Gasteiger charge is -2.10. The molecule has 0 saturated carbocycles. The third-order valence-corrected chi connectivity index (χ3v) is 10.3. The van der Waals surface area contributed by atoms with Gasteiger partial charge < -0.3 is 4.42 Å². The Hall–Kier alpha value is -7.65. The largest absolute Gasteiger partial charge is 0.456 e. The van der Waals surface area contributed by atoms with Crippen molar-refractivity contribution in [2.45, 2.75) is 13.1 Å². The molecule has 0 aliphatic heterocycles. The summed E-state index contributed by atoms with van der Waals surface area (Å²) < 4.78 is 46.3. The second kappa shape index (κ2) is 11.7. The number of fused-ring (bicyclic) bond motifs is 9. The molecule has 0 fully saturated rings. The number of furan rings is 1. The molecule has 0 atom stereocenters. The molecule has 2 aliphatic carbocycles. The van der Waals surface area contributed by atoms with Crippen molar-refractivity contribution < 1.29 is 17.6 Å². The van der Waals surface area contributed by atoms with Gasteiger partial charge in [0.1, 0.15) is 11.2 Å². The average molecular weight is 703 g/mol. The predicted octanol–water partition coefficient (Wildman–Crippen LogP) is 12.6. The normalized spacial score (nSPS) is 14.3. The van der Waals surface area contributed by atoms with E-state index in [4.69, 9.17) is 17.6 Å². The minimum Gasteiger partial charge on any atom is -0.456 e. The highest BCUT2D eigenvalue weighted by Gasteiger charge is 2.32. The SMILES string of the molecule is [C-]#[N+]C(C#N)=C1c2cc(-c3ccc(C)cc3)ccc2-c2cc3oc4cc5c(cc4c3cc21)/C(=C(/C#N)[N+]#[C-])c1cc(-c2ccc(C(F)(F)F)cc2)ccc1-5. The number of nitriles is 2. The number of alkyl halides is 3. The van der Waals surface area contributed by atoms with Crippen LogP contribution in [0.5, 0.6) is 0 Å². The maximum atomic E-state index is 13.3. The van der Waals surface area contributed by atoms with Crippen LogP contribution in [0.3, 0.4) is 0 Å². The predicted molar refractivity (Wildman–Crippen MR) is 202 cm³/mol. The first kappa shape index (κ1) is 32.3. The Morgan fingerprint density at radius 1 is 0.537 bits per heavy atom. The molecule has 0 N–H and O–H groups in total. The Morgan fingerprint density at radius 2 is 0.944 bits per heavy atom. The van der Waals surface area contributed by atoms with Crippen LogP contribution in [0.2, 0.25) is 0 Å².